The van der Waals surface area contributed by atoms with Gasteiger partial charge in [0.25, 0.3) is 0 Å². The molecule has 0 unspecified atom stereocenters. The summed E-state index contributed by atoms with van der Waals surface area (Å²) in [6.07, 6.45) is 5.37. The van der Waals surface area contributed by atoms with Crippen molar-refractivity contribution < 1.29 is 9.21 Å². The van der Waals surface area contributed by atoms with E-state index < -0.39 is 0 Å². The number of pyridine rings is 1. The van der Waals surface area contributed by atoms with Crippen molar-refractivity contribution in [1.29, 1.82) is 5.26 Å². The van der Waals surface area contributed by atoms with Crippen molar-refractivity contribution in [3.63, 3.8) is 0 Å². The van der Waals surface area contributed by atoms with Crippen molar-refractivity contribution in [2.45, 2.75) is 19.5 Å². The van der Waals surface area contributed by atoms with E-state index in [4.69, 9.17) is 9.68 Å². The molecule has 0 radical (unpaired) electrons. The summed E-state index contributed by atoms with van der Waals surface area (Å²) in [7, 11) is 0. The molecule has 0 saturated heterocycles. The van der Waals surface area contributed by atoms with E-state index in [0.29, 0.717) is 31.0 Å². The van der Waals surface area contributed by atoms with Gasteiger partial charge in [0.2, 0.25) is 0 Å². The Labute approximate surface area is 151 Å². The van der Waals surface area contributed by atoms with Gasteiger partial charge in [-0.05, 0) is 41.5 Å². The number of carbonyl (C=O) groups is 1. The zero-order valence-electron chi connectivity index (χ0n) is 14.1. The third kappa shape index (κ3) is 4.71. The van der Waals surface area contributed by atoms with Crippen molar-refractivity contribution in [3.05, 3.63) is 84.1 Å². The van der Waals surface area contributed by atoms with Gasteiger partial charge in [0.05, 0.1) is 25.3 Å². The second-order valence-electron chi connectivity index (χ2n) is 5.76. The summed E-state index contributed by atoms with van der Waals surface area (Å²) in [5.41, 5.74) is 2.51. The normalized spacial score (nSPS) is 10.1. The van der Waals surface area contributed by atoms with Gasteiger partial charge in [-0.1, -0.05) is 18.2 Å². The lowest BCUT2D eigenvalue weighted by atomic mass is 10.1. The van der Waals surface area contributed by atoms with Crippen LogP contribution in [0.5, 0.6) is 0 Å². The molecule has 2 aromatic heterocycles. The Morgan fingerprint density at radius 3 is 2.62 bits per heavy atom. The smallest absolute Gasteiger partial charge is 0.322 e. The fourth-order valence-corrected chi connectivity index (χ4v) is 2.50. The maximum atomic E-state index is 12.8. The summed E-state index contributed by atoms with van der Waals surface area (Å²) >= 11 is 0. The van der Waals surface area contributed by atoms with Crippen LogP contribution in [-0.2, 0) is 19.5 Å². The molecule has 0 saturated carbocycles. The van der Waals surface area contributed by atoms with Crippen molar-refractivity contribution in [2.24, 2.45) is 0 Å². The first-order chi connectivity index (χ1) is 12.7. The number of hydrogen-bond donors (Lipinski definition) is 1. The average Bonchev–Trinajstić information content (AvgIpc) is 3.17. The van der Waals surface area contributed by atoms with Crippen LogP contribution in [0.15, 0.2) is 71.6 Å². The number of aromatic nitrogens is 1. The maximum Gasteiger partial charge on any atom is 0.322 e. The van der Waals surface area contributed by atoms with Crippen LogP contribution in [0.1, 0.15) is 16.9 Å². The van der Waals surface area contributed by atoms with E-state index in [9.17, 15) is 4.79 Å². The van der Waals surface area contributed by atoms with Gasteiger partial charge in [0.1, 0.15) is 5.76 Å². The number of urea groups is 1. The second-order valence-corrected chi connectivity index (χ2v) is 5.76. The molecule has 0 fully saturated rings. The first-order valence-corrected chi connectivity index (χ1v) is 8.17. The van der Waals surface area contributed by atoms with Gasteiger partial charge >= 0.3 is 6.03 Å². The number of furan rings is 1. The summed E-state index contributed by atoms with van der Waals surface area (Å²) in [5, 5.41) is 11.6. The van der Waals surface area contributed by atoms with E-state index in [2.05, 4.69) is 16.4 Å². The number of carbonyl (C=O) groups excluding carboxylic acids is 1. The molecule has 0 aliphatic rings. The quantitative estimate of drug-likeness (QED) is 0.732. The third-order valence-electron chi connectivity index (χ3n) is 3.80. The van der Waals surface area contributed by atoms with Crippen molar-refractivity contribution in [2.75, 3.05) is 5.32 Å². The number of benzene rings is 1. The minimum absolute atomic E-state index is 0.238. The molecule has 1 N–H and O–H groups in total. The molecule has 0 bridgehead atoms. The fraction of sp³-hybridized carbons (Fsp3) is 0.150. The van der Waals surface area contributed by atoms with Gasteiger partial charge in [-0.25, -0.2) is 4.79 Å². The Bertz CT molecular complexity index is 868. The van der Waals surface area contributed by atoms with Gasteiger partial charge in [0, 0.05) is 24.6 Å². The highest BCUT2D eigenvalue weighted by atomic mass is 16.3. The molecule has 0 spiro atoms. The molecule has 3 aromatic rings. The van der Waals surface area contributed by atoms with Crippen LogP contribution in [0.4, 0.5) is 10.5 Å². The second kappa shape index (κ2) is 8.49. The highest BCUT2D eigenvalue weighted by Gasteiger charge is 2.16. The van der Waals surface area contributed by atoms with Crippen molar-refractivity contribution >= 4 is 11.7 Å². The number of nitriles is 1. The molecule has 130 valence electrons. The summed E-state index contributed by atoms with van der Waals surface area (Å²) in [6, 6.07) is 16.5. The van der Waals surface area contributed by atoms with E-state index in [-0.39, 0.29) is 6.03 Å². The third-order valence-corrected chi connectivity index (χ3v) is 3.80. The average molecular weight is 346 g/mol. The zero-order chi connectivity index (χ0) is 18.2. The van der Waals surface area contributed by atoms with E-state index >= 15 is 0 Å². The monoisotopic (exact) mass is 346 g/mol. The van der Waals surface area contributed by atoms with Gasteiger partial charge in [0.15, 0.2) is 0 Å². The molecule has 0 atom stereocenters. The van der Waals surface area contributed by atoms with Crippen LogP contribution in [0.2, 0.25) is 0 Å². The number of anilines is 1. The van der Waals surface area contributed by atoms with E-state index in [1.807, 2.05) is 30.3 Å². The molecule has 6 nitrogen and oxygen atoms in total. The molecular weight excluding hydrogens is 328 g/mol. The lowest BCUT2D eigenvalue weighted by Gasteiger charge is -2.22. The SMILES string of the molecule is N#CCc1ccc(NC(=O)N(Cc2cccnc2)Cc2ccco2)cc1. The predicted molar refractivity (Wildman–Crippen MR) is 97.0 cm³/mol. The van der Waals surface area contributed by atoms with Crippen LogP contribution in [0, 0.1) is 11.3 Å². The van der Waals surface area contributed by atoms with Crippen LogP contribution < -0.4 is 5.32 Å². The summed E-state index contributed by atoms with van der Waals surface area (Å²) in [4.78, 5) is 18.5. The highest BCUT2D eigenvalue weighted by Crippen LogP contribution is 2.14. The van der Waals surface area contributed by atoms with Crippen LogP contribution >= 0.6 is 0 Å². The Morgan fingerprint density at radius 2 is 1.96 bits per heavy atom. The van der Waals surface area contributed by atoms with E-state index in [1.165, 1.54) is 0 Å². The van der Waals surface area contributed by atoms with Gasteiger partial charge < -0.3 is 14.6 Å². The lowest BCUT2D eigenvalue weighted by molar-refractivity contribution is 0.201. The summed E-state index contributed by atoms with van der Waals surface area (Å²) < 4.78 is 5.38. The van der Waals surface area contributed by atoms with Gasteiger partial charge in [-0.2, -0.15) is 5.26 Å². The number of nitrogens with one attached hydrogen (secondary N) is 1. The number of nitrogens with zero attached hydrogens (tertiary/aromatic N) is 3. The molecule has 26 heavy (non-hydrogen) atoms. The minimum atomic E-state index is -0.238. The molecule has 3 rings (SSSR count). The van der Waals surface area contributed by atoms with E-state index in [0.717, 1.165) is 11.1 Å². The largest absolute Gasteiger partial charge is 0.467 e. The Hall–Kier alpha value is -3.59. The predicted octanol–water partition coefficient (Wildman–Crippen LogP) is 3.97. The Morgan fingerprint density at radius 1 is 1.12 bits per heavy atom. The standard InChI is InChI=1S/C20H18N4O2/c21-10-9-16-5-7-18(8-6-16)23-20(25)24(15-19-4-2-12-26-19)14-17-3-1-11-22-13-17/h1-8,11-13H,9,14-15H2,(H,23,25). The molecule has 6 heteroatoms. The maximum absolute atomic E-state index is 12.8. The Balaban J connectivity index is 1.72. The molecule has 0 aliphatic heterocycles. The topological polar surface area (TPSA) is 82.2 Å². The molecule has 0 aliphatic carbocycles. The molecule has 1 aromatic carbocycles. The van der Waals surface area contributed by atoms with Crippen molar-refractivity contribution in [1.82, 2.24) is 9.88 Å². The number of rotatable bonds is 6. The van der Waals surface area contributed by atoms with Crippen LogP contribution in [0.25, 0.3) is 0 Å². The van der Waals surface area contributed by atoms with Gasteiger partial charge in [-0.15, -0.1) is 0 Å². The molecular formula is C20H18N4O2. The number of hydrogen-bond acceptors (Lipinski definition) is 4. The lowest BCUT2D eigenvalue weighted by Crippen LogP contribution is -2.34. The first kappa shape index (κ1) is 17.2. The fourth-order valence-electron chi connectivity index (χ4n) is 2.50. The van der Waals surface area contributed by atoms with Crippen LogP contribution in [0.3, 0.4) is 0 Å². The van der Waals surface area contributed by atoms with Crippen LogP contribution in [-0.4, -0.2) is 15.9 Å². The molecule has 2 amide bonds. The summed E-state index contributed by atoms with van der Waals surface area (Å²) in [6.45, 7) is 0.757. The van der Waals surface area contributed by atoms with E-state index in [1.54, 1.807) is 41.8 Å². The molecule has 2 heterocycles. The number of amides is 2. The Kier molecular flexibility index (Phi) is 5.63. The first-order valence-electron chi connectivity index (χ1n) is 8.17. The minimum Gasteiger partial charge on any atom is -0.467 e. The zero-order valence-corrected chi connectivity index (χ0v) is 14.1. The van der Waals surface area contributed by atoms with Crippen molar-refractivity contribution in [3.8, 4) is 6.07 Å². The van der Waals surface area contributed by atoms with Gasteiger partial charge in [-0.3, -0.25) is 4.98 Å². The highest BCUT2D eigenvalue weighted by molar-refractivity contribution is 5.89. The summed E-state index contributed by atoms with van der Waals surface area (Å²) in [5.74, 6) is 0.702.